The van der Waals surface area contributed by atoms with Crippen molar-refractivity contribution < 1.29 is 9.90 Å². The number of nitrogens with zero attached hydrogens (tertiary/aromatic N) is 3. The van der Waals surface area contributed by atoms with Crippen molar-refractivity contribution in [3.05, 3.63) is 22.4 Å². The highest BCUT2D eigenvalue weighted by Crippen LogP contribution is 2.34. The molecule has 1 N–H and O–H groups in total. The molecule has 0 bridgehead atoms. The molecule has 2 fully saturated rings. The lowest BCUT2D eigenvalue weighted by Crippen LogP contribution is -2.50. The monoisotopic (exact) mass is 323 g/mol. The van der Waals surface area contributed by atoms with Crippen LogP contribution in [-0.2, 0) is 4.79 Å². The maximum Gasteiger partial charge on any atom is 0.237 e. The number of rotatable bonds is 5. The van der Waals surface area contributed by atoms with Gasteiger partial charge in [-0.2, -0.15) is 0 Å². The first-order chi connectivity index (χ1) is 10.8. The Morgan fingerprint density at radius 3 is 2.68 bits per heavy atom. The number of hydrogen-bond donors (Lipinski definition) is 1. The summed E-state index contributed by atoms with van der Waals surface area (Å²) < 4.78 is 0. The van der Waals surface area contributed by atoms with E-state index in [0.717, 1.165) is 52.1 Å². The van der Waals surface area contributed by atoms with Crippen molar-refractivity contribution in [1.82, 2.24) is 14.7 Å². The van der Waals surface area contributed by atoms with Gasteiger partial charge >= 0.3 is 0 Å². The first kappa shape index (κ1) is 15.9. The first-order valence-electron chi connectivity index (χ1n) is 8.16. The van der Waals surface area contributed by atoms with E-state index in [2.05, 4.69) is 32.2 Å². The minimum atomic E-state index is 0.217. The Hall–Kier alpha value is -0.950. The maximum absolute atomic E-state index is 12.7. The SMILES string of the molecule is O=C(CN1CCN(CCO)CC1)N1CCC[C@@H]1c1cccs1. The minimum Gasteiger partial charge on any atom is -0.395 e. The normalized spacial score (nSPS) is 24.0. The summed E-state index contributed by atoms with van der Waals surface area (Å²) in [6.45, 7) is 6.13. The molecule has 3 heterocycles. The number of β-amino-alcohol motifs (C(OH)–C–C–N with tert-alkyl or cyclic N) is 1. The fraction of sp³-hybridized carbons (Fsp3) is 0.688. The smallest absolute Gasteiger partial charge is 0.237 e. The van der Waals surface area contributed by atoms with Crippen LogP contribution in [0.4, 0.5) is 0 Å². The number of amides is 1. The summed E-state index contributed by atoms with van der Waals surface area (Å²) in [5.74, 6) is 0.270. The zero-order valence-electron chi connectivity index (χ0n) is 13.0. The first-order valence-corrected chi connectivity index (χ1v) is 9.04. The standard InChI is InChI=1S/C16H25N3O2S/c20-11-10-17-6-8-18(9-7-17)13-16(21)19-5-1-3-14(19)15-4-2-12-22-15/h2,4,12,14,20H,1,3,5-11,13H2/t14-/m1/s1. The van der Waals surface area contributed by atoms with Crippen LogP contribution in [-0.4, -0.2) is 78.1 Å². The van der Waals surface area contributed by atoms with E-state index in [-0.39, 0.29) is 12.5 Å². The molecule has 0 aliphatic carbocycles. The van der Waals surface area contributed by atoms with Crippen molar-refractivity contribution in [2.24, 2.45) is 0 Å². The Morgan fingerprint density at radius 1 is 1.23 bits per heavy atom. The lowest BCUT2D eigenvalue weighted by Gasteiger charge is -2.35. The fourth-order valence-electron chi connectivity index (χ4n) is 3.44. The molecular weight excluding hydrogens is 298 g/mol. The van der Waals surface area contributed by atoms with Gasteiger partial charge in [0, 0.05) is 44.1 Å². The Labute approximate surface area is 136 Å². The van der Waals surface area contributed by atoms with Crippen LogP contribution in [0.2, 0.25) is 0 Å². The number of thiophene rings is 1. The Kier molecular flexibility index (Phi) is 5.46. The number of hydrogen-bond acceptors (Lipinski definition) is 5. The number of aliphatic hydroxyl groups is 1. The van der Waals surface area contributed by atoms with Gasteiger partial charge in [-0.15, -0.1) is 11.3 Å². The molecule has 1 aromatic rings. The van der Waals surface area contributed by atoms with Gasteiger partial charge in [0.25, 0.3) is 0 Å². The van der Waals surface area contributed by atoms with Crippen LogP contribution in [0, 0.1) is 0 Å². The molecular formula is C16H25N3O2S. The molecule has 0 radical (unpaired) electrons. The lowest BCUT2D eigenvalue weighted by atomic mass is 10.2. The van der Waals surface area contributed by atoms with Gasteiger partial charge < -0.3 is 10.0 Å². The summed E-state index contributed by atoms with van der Waals surface area (Å²) in [4.78, 5) is 20.6. The highest BCUT2D eigenvalue weighted by Gasteiger charge is 2.31. The summed E-state index contributed by atoms with van der Waals surface area (Å²) in [6.07, 6.45) is 2.20. The molecule has 1 amide bonds. The van der Waals surface area contributed by atoms with E-state index in [1.54, 1.807) is 11.3 Å². The van der Waals surface area contributed by atoms with E-state index in [4.69, 9.17) is 5.11 Å². The molecule has 6 heteroatoms. The van der Waals surface area contributed by atoms with Gasteiger partial charge in [0.1, 0.15) is 0 Å². The molecule has 1 atom stereocenters. The number of carbonyl (C=O) groups excluding carboxylic acids is 1. The molecule has 22 heavy (non-hydrogen) atoms. The molecule has 0 spiro atoms. The van der Waals surface area contributed by atoms with E-state index in [1.165, 1.54) is 4.88 Å². The highest BCUT2D eigenvalue weighted by atomic mass is 32.1. The average molecular weight is 323 g/mol. The molecule has 0 unspecified atom stereocenters. The fourth-order valence-corrected chi connectivity index (χ4v) is 4.31. The topological polar surface area (TPSA) is 47.0 Å². The Bertz CT molecular complexity index is 472. The average Bonchev–Trinajstić information content (AvgIpc) is 3.20. The summed E-state index contributed by atoms with van der Waals surface area (Å²) >= 11 is 1.76. The number of piperazine rings is 1. The molecule has 1 aromatic heterocycles. The van der Waals surface area contributed by atoms with Gasteiger partial charge in [-0.1, -0.05) is 6.07 Å². The highest BCUT2D eigenvalue weighted by molar-refractivity contribution is 7.10. The molecule has 122 valence electrons. The quantitative estimate of drug-likeness (QED) is 0.879. The van der Waals surface area contributed by atoms with Crippen LogP contribution in [0.5, 0.6) is 0 Å². The molecule has 0 saturated carbocycles. The van der Waals surface area contributed by atoms with Crippen LogP contribution in [0.3, 0.4) is 0 Å². The summed E-state index contributed by atoms with van der Waals surface area (Å²) in [5.41, 5.74) is 0. The molecule has 2 saturated heterocycles. The van der Waals surface area contributed by atoms with E-state index >= 15 is 0 Å². The van der Waals surface area contributed by atoms with Crippen LogP contribution >= 0.6 is 11.3 Å². The molecule has 2 aliphatic heterocycles. The Balaban J connectivity index is 1.52. The van der Waals surface area contributed by atoms with Crippen molar-refractivity contribution in [3.63, 3.8) is 0 Å². The summed E-state index contributed by atoms with van der Waals surface area (Å²) in [7, 11) is 0. The zero-order chi connectivity index (χ0) is 15.4. The van der Waals surface area contributed by atoms with Crippen LogP contribution in [0.25, 0.3) is 0 Å². The van der Waals surface area contributed by atoms with Gasteiger partial charge in [0.05, 0.1) is 19.2 Å². The summed E-state index contributed by atoms with van der Waals surface area (Å²) in [5, 5.41) is 11.1. The zero-order valence-corrected chi connectivity index (χ0v) is 13.8. The van der Waals surface area contributed by atoms with Crippen molar-refractivity contribution in [2.75, 3.05) is 52.4 Å². The largest absolute Gasteiger partial charge is 0.395 e. The van der Waals surface area contributed by atoms with Gasteiger partial charge in [0.2, 0.25) is 5.91 Å². The van der Waals surface area contributed by atoms with Crippen LogP contribution in [0.1, 0.15) is 23.8 Å². The van der Waals surface area contributed by atoms with Crippen molar-refractivity contribution in [2.45, 2.75) is 18.9 Å². The second-order valence-corrected chi connectivity index (χ2v) is 7.08. The second kappa shape index (κ2) is 7.55. The van der Waals surface area contributed by atoms with E-state index in [9.17, 15) is 4.79 Å². The molecule has 3 rings (SSSR count). The van der Waals surface area contributed by atoms with Crippen LogP contribution < -0.4 is 0 Å². The Morgan fingerprint density at radius 2 is 2.00 bits per heavy atom. The molecule has 5 nitrogen and oxygen atoms in total. The van der Waals surface area contributed by atoms with Gasteiger partial charge in [-0.25, -0.2) is 0 Å². The van der Waals surface area contributed by atoms with Crippen molar-refractivity contribution >= 4 is 17.2 Å². The number of aliphatic hydroxyl groups excluding tert-OH is 1. The van der Waals surface area contributed by atoms with Crippen molar-refractivity contribution in [3.8, 4) is 0 Å². The van der Waals surface area contributed by atoms with Gasteiger partial charge in [-0.05, 0) is 24.3 Å². The van der Waals surface area contributed by atoms with Crippen molar-refractivity contribution in [1.29, 1.82) is 0 Å². The van der Waals surface area contributed by atoms with E-state index in [1.807, 2.05) is 0 Å². The number of carbonyl (C=O) groups is 1. The maximum atomic E-state index is 12.7. The lowest BCUT2D eigenvalue weighted by molar-refractivity contribution is -0.133. The third kappa shape index (κ3) is 3.68. The molecule has 2 aliphatic rings. The van der Waals surface area contributed by atoms with Gasteiger partial charge in [0.15, 0.2) is 0 Å². The van der Waals surface area contributed by atoms with E-state index < -0.39 is 0 Å². The van der Waals surface area contributed by atoms with Gasteiger partial charge in [-0.3, -0.25) is 14.6 Å². The predicted octanol–water partition coefficient (Wildman–Crippen LogP) is 1.02. The van der Waals surface area contributed by atoms with Crippen LogP contribution in [0.15, 0.2) is 17.5 Å². The molecule has 0 aromatic carbocycles. The summed E-state index contributed by atoms with van der Waals surface area (Å²) in [6, 6.07) is 4.51. The second-order valence-electron chi connectivity index (χ2n) is 6.10. The third-order valence-corrected chi connectivity index (χ3v) is 5.66. The predicted molar refractivity (Wildman–Crippen MR) is 88.0 cm³/mol. The number of likely N-dealkylation sites (tertiary alicyclic amines) is 1. The minimum absolute atomic E-state index is 0.217. The third-order valence-electron chi connectivity index (χ3n) is 4.68. The van der Waals surface area contributed by atoms with E-state index in [0.29, 0.717) is 12.6 Å².